The molecule has 0 saturated heterocycles. The maximum Gasteiger partial charge on any atom is 0.387 e. The molecule has 0 N–H and O–H groups in total. The molecule has 3 aromatic rings. The highest BCUT2D eigenvalue weighted by Crippen LogP contribution is 2.33. The van der Waals surface area contributed by atoms with Crippen molar-refractivity contribution in [3.63, 3.8) is 0 Å². The van der Waals surface area contributed by atoms with E-state index >= 15 is 0 Å². The number of hydrogen-bond acceptors (Lipinski definition) is 5. The van der Waals surface area contributed by atoms with Gasteiger partial charge in [0.05, 0.1) is 16.1 Å². The van der Waals surface area contributed by atoms with E-state index in [-0.39, 0.29) is 26.8 Å². The predicted octanol–water partition coefficient (Wildman–Crippen LogP) is 5.05. The number of carbonyl (C=O) groups is 1. The smallest absolute Gasteiger partial charge is 0.387 e. The van der Waals surface area contributed by atoms with Crippen LogP contribution in [0.1, 0.15) is 21.5 Å². The number of alkyl halides is 2. The number of sulfonamides is 1. The zero-order valence-electron chi connectivity index (χ0n) is 17.1. The Morgan fingerprint density at radius 2 is 1.85 bits per heavy atom. The topological polar surface area (TPSA) is 72.9 Å². The molecule has 0 unspecified atom stereocenters. The Bertz CT molecular complexity index is 1300. The Balaban J connectivity index is 1.53. The van der Waals surface area contributed by atoms with E-state index in [9.17, 15) is 22.0 Å². The van der Waals surface area contributed by atoms with Crippen LogP contribution in [0.15, 0.2) is 71.6 Å². The van der Waals surface area contributed by atoms with Crippen LogP contribution in [0.2, 0.25) is 5.02 Å². The first kappa shape index (κ1) is 23.0. The van der Waals surface area contributed by atoms with Crippen molar-refractivity contribution in [2.24, 2.45) is 0 Å². The highest BCUT2D eigenvalue weighted by Gasteiger charge is 2.31. The molecule has 0 saturated carbocycles. The van der Waals surface area contributed by atoms with Crippen molar-refractivity contribution in [3.05, 3.63) is 88.4 Å². The summed E-state index contributed by atoms with van der Waals surface area (Å²) in [5, 5.41) is 0.252. The lowest BCUT2D eigenvalue weighted by atomic mass is 10.2. The van der Waals surface area contributed by atoms with Gasteiger partial charge in [-0.1, -0.05) is 35.9 Å². The monoisotopic (exact) mass is 493 g/mol. The van der Waals surface area contributed by atoms with E-state index < -0.39 is 29.2 Å². The minimum Gasteiger partial charge on any atom is -0.457 e. The van der Waals surface area contributed by atoms with Crippen molar-refractivity contribution in [1.29, 1.82) is 0 Å². The Kier molecular flexibility index (Phi) is 6.53. The molecule has 1 heterocycles. The van der Waals surface area contributed by atoms with Crippen LogP contribution in [0, 0.1) is 0 Å². The van der Waals surface area contributed by atoms with Crippen molar-refractivity contribution in [1.82, 2.24) is 0 Å². The van der Waals surface area contributed by atoms with Crippen LogP contribution >= 0.6 is 11.6 Å². The lowest BCUT2D eigenvalue weighted by molar-refractivity contribution is -0.0510. The van der Waals surface area contributed by atoms with Gasteiger partial charge in [0, 0.05) is 17.1 Å². The number of carbonyl (C=O) groups excluding carboxylic acids is 1. The Hall–Kier alpha value is -3.17. The van der Waals surface area contributed by atoms with Gasteiger partial charge in [-0.15, -0.1) is 0 Å². The van der Waals surface area contributed by atoms with Crippen LogP contribution in [0.4, 0.5) is 14.5 Å². The molecule has 172 valence electrons. The van der Waals surface area contributed by atoms with Crippen LogP contribution < -0.4 is 9.04 Å². The Morgan fingerprint density at radius 3 is 2.64 bits per heavy atom. The molecular formula is C23H18ClF2NO5S. The van der Waals surface area contributed by atoms with Crippen LogP contribution in [0.5, 0.6) is 5.75 Å². The van der Waals surface area contributed by atoms with Crippen molar-refractivity contribution >= 4 is 33.3 Å². The first-order valence-corrected chi connectivity index (χ1v) is 11.7. The SMILES string of the molecule is O=C(OCc1cc(Cl)ccc1OC(F)F)c1cccc(S(=O)(=O)N2CCc3ccccc32)c1. The number of benzene rings is 3. The maximum atomic E-state index is 13.2. The number of para-hydroxylation sites is 1. The fourth-order valence-corrected chi connectivity index (χ4v) is 5.31. The Morgan fingerprint density at radius 1 is 1.06 bits per heavy atom. The fourth-order valence-electron chi connectivity index (χ4n) is 3.57. The number of hydrogen-bond donors (Lipinski definition) is 0. The van der Waals surface area contributed by atoms with Gasteiger partial charge in [0.1, 0.15) is 12.4 Å². The molecule has 3 aromatic carbocycles. The summed E-state index contributed by atoms with van der Waals surface area (Å²) < 4.78 is 62.6. The number of nitrogens with zero attached hydrogens (tertiary/aromatic N) is 1. The van der Waals surface area contributed by atoms with Gasteiger partial charge in [0.25, 0.3) is 10.0 Å². The Labute approximate surface area is 194 Å². The summed E-state index contributed by atoms with van der Waals surface area (Å²) >= 11 is 5.90. The first-order valence-electron chi connectivity index (χ1n) is 9.87. The van der Waals surface area contributed by atoms with Gasteiger partial charge in [-0.3, -0.25) is 4.31 Å². The lowest BCUT2D eigenvalue weighted by Gasteiger charge is -2.20. The van der Waals surface area contributed by atoms with Crippen LogP contribution in [-0.2, 0) is 27.8 Å². The van der Waals surface area contributed by atoms with Crippen molar-refractivity contribution < 1.29 is 31.5 Å². The van der Waals surface area contributed by atoms with E-state index in [1.807, 2.05) is 12.1 Å². The molecule has 10 heteroatoms. The minimum absolute atomic E-state index is 0.00177. The zero-order valence-corrected chi connectivity index (χ0v) is 18.7. The molecule has 0 amide bonds. The number of ether oxygens (including phenoxy) is 2. The molecular weight excluding hydrogens is 476 g/mol. The van der Waals surface area contributed by atoms with Crippen LogP contribution in [0.3, 0.4) is 0 Å². The van der Waals surface area contributed by atoms with Gasteiger partial charge in [-0.05, 0) is 54.4 Å². The average Bonchev–Trinajstić information content (AvgIpc) is 3.24. The van der Waals surface area contributed by atoms with Crippen molar-refractivity contribution in [2.75, 3.05) is 10.8 Å². The lowest BCUT2D eigenvalue weighted by Crippen LogP contribution is -2.29. The first-order chi connectivity index (χ1) is 15.8. The zero-order chi connectivity index (χ0) is 23.6. The molecule has 0 spiro atoms. The summed E-state index contributed by atoms with van der Waals surface area (Å²) in [7, 11) is -3.90. The highest BCUT2D eigenvalue weighted by molar-refractivity contribution is 7.92. The van der Waals surface area contributed by atoms with Gasteiger partial charge < -0.3 is 9.47 Å². The van der Waals surface area contributed by atoms with Gasteiger partial charge in [0.15, 0.2) is 0 Å². The molecule has 0 bridgehead atoms. The van der Waals surface area contributed by atoms with E-state index in [0.717, 1.165) is 5.56 Å². The molecule has 1 aliphatic rings. The third kappa shape index (κ3) is 4.94. The summed E-state index contributed by atoms with van der Waals surface area (Å²) in [6.45, 7) is -3.14. The number of esters is 1. The number of fused-ring (bicyclic) bond motifs is 1. The molecule has 4 rings (SSSR count). The van der Waals surface area contributed by atoms with Crippen molar-refractivity contribution in [2.45, 2.75) is 24.5 Å². The summed E-state index contributed by atoms with van der Waals surface area (Å²) in [4.78, 5) is 12.5. The molecule has 6 nitrogen and oxygen atoms in total. The summed E-state index contributed by atoms with van der Waals surface area (Å²) in [6, 6.07) is 16.7. The predicted molar refractivity (Wildman–Crippen MR) is 118 cm³/mol. The molecule has 0 radical (unpaired) electrons. The molecule has 33 heavy (non-hydrogen) atoms. The standard InChI is InChI=1S/C23H18ClF2NO5S/c24-18-8-9-21(32-23(25)26)17(12-18)14-31-22(28)16-5-3-6-19(13-16)33(29,30)27-11-10-15-4-1-2-7-20(15)27/h1-9,12-13,23H,10-11,14H2. The highest BCUT2D eigenvalue weighted by atomic mass is 35.5. The van der Waals surface area contributed by atoms with Gasteiger partial charge in [-0.2, -0.15) is 8.78 Å². The largest absolute Gasteiger partial charge is 0.457 e. The summed E-state index contributed by atoms with van der Waals surface area (Å²) in [5.41, 5.74) is 1.69. The maximum absolute atomic E-state index is 13.2. The third-order valence-corrected chi connectivity index (χ3v) is 7.14. The van der Waals surface area contributed by atoms with Gasteiger partial charge in [-0.25, -0.2) is 13.2 Å². The molecule has 0 aliphatic carbocycles. The number of halogens is 3. The van der Waals surface area contributed by atoms with E-state index in [2.05, 4.69) is 4.74 Å². The molecule has 0 atom stereocenters. The molecule has 0 fully saturated rings. The number of anilines is 1. The second-order valence-electron chi connectivity index (χ2n) is 7.19. The second-order valence-corrected chi connectivity index (χ2v) is 9.49. The average molecular weight is 494 g/mol. The van der Waals surface area contributed by atoms with E-state index in [4.69, 9.17) is 16.3 Å². The van der Waals surface area contributed by atoms with Crippen molar-refractivity contribution in [3.8, 4) is 5.75 Å². The fraction of sp³-hybridized carbons (Fsp3) is 0.174. The second kappa shape index (κ2) is 9.36. The van der Waals surface area contributed by atoms with Gasteiger partial charge in [0.2, 0.25) is 0 Å². The van der Waals surface area contributed by atoms with E-state index in [0.29, 0.717) is 18.7 Å². The minimum atomic E-state index is -3.90. The van der Waals surface area contributed by atoms with Crippen LogP contribution in [0.25, 0.3) is 0 Å². The molecule has 0 aromatic heterocycles. The summed E-state index contributed by atoms with van der Waals surface area (Å²) in [6.07, 6.45) is 0.597. The number of rotatable bonds is 7. The third-order valence-electron chi connectivity index (χ3n) is 5.10. The van der Waals surface area contributed by atoms with Crippen LogP contribution in [-0.4, -0.2) is 27.5 Å². The van der Waals surface area contributed by atoms with Gasteiger partial charge >= 0.3 is 12.6 Å². The quantitative estimate of drug-likeness (QED) is 0.431. The van der Waals surface area contributed by atoms with E-state index in [1.165, 1.54) is 46.8 Å². The molecule has 1 aliphatic heterocycles. The normalized spacial score (nSPS) is 13.2. The van der Waals surface area contributed by atoms with E-state index in [1.54, 1.807) is 12.1 Å². The summed E-state index contributed by atoms with van der Waals surface area (Å²) in [5.74, 6) is -0.997.